The largest absolute Gasteiger partial charge is 0.481 e. The van der Waals surface area contributed by atoms with Gasteiger partial charge in [0.15, 0.2) is 6.61 Å². The molecule has 0 aliphatic rings. The van der Waals surface area contributed by atoms with Gasteiger partial charge in [-0.25, -0.2) is 8.78 Å². The molecule has 2 rings (SSSR count). The number of nitrogens with one attached hydrogen (secondary N) is 1. The highest BCUT2D eigenvalue weighted by Gasteiger charge is 2.07. The lowest BCUT2D eigenvalue weighted by Gasteiger charge is -2.09. The quantitative estimate of drug-likeness (QED) is 0.845. The van der Waals surface area contributed by atoms with E-state index < -0.39 is 17.5 Å². The molecule has 0 bridgehead atoms. The van der Waals surface area contributed by atoms with Crippen LogP contribution in [0.3, 0.4) is 0 Å². The number of anilines is 2. The summed E-state index contributed by atoms with van der Waals surface area (Å²) in [6, 6.07) is 9.07. The van der Waals surface area contributed by atoms with Crippen LogP contribution in [0.2, 0.25) is 0 Å². The number of nitrogen functional groups attached to an aromatic ring is 1. The van der Waals surface area contributed by atoms with E-state index in [1.807, 2.05) is 0 Å². The first-order valence-corrected chi connectivity index (χ1v) is 5.78. The fourth-order valence-corrected chi connectivity index (χ4v) is 1.54. The van der Waals surface area contributed by atoms with Gasteiger partial charge in [-0.05, 0) is 30.3 Å². The summed E-state index contributed by atoms with van der Waals surface area (Å²) < 4.78 is 31.0. The summed E-state index contributed by atoms with van der Waals surface area (Å²) in [4.78, 5) is 11.6. The minimum Gasteiger partial charge on any atom is -0.481 e. The van der Waals surface area contributed by atoms with Crippen molar-refractivity contribution < 1.29 is 18.3 Å². The third-order valence-electron chi connectivity index (χ3n) is 2.44. The molecule has 2 aromatic rings. The molecule has 3 N–H and O–H groups in total. The molecule has 1 amide bonds. The molecule has 0 radical (unpaired) electrons. The van der Waals surface area contributed by atoms with E-state index in [9.17, 15) is 13.6 Å². The van der Waals surface area contributed by atoms with Crippen molar-refractivity contribution in [3.8, 4) is 5.75 Å². The van der Waals surface area contributed by atoms with Crippen LogP contribution in [0.1, 0.15) is 0 Å². The topological polar surface area (TPSA) is 64.3 Å². The fraction of sp³-hybridized carbons (Fsp3) is 0.0714. The van der Waals surface area contributed by atoms with Crippen LogP contribution in [-0.4, -0.2) is 12.5 Å². The molecule has 0 unspecified atom stereocenters. The van der Waals surface area contributed by atoms with Crippen molar-refractivity contribution in [2.24, 2.45) is 0 Å². The number of carbonyl (C=O) groups is 1. The van der Waals surface area contributed by atoms with Crippen LogP contribution in [0.25, 0.3) is 0 Å². The number of rotatable bonds is 4. The highest BCUT2D eigenvalue weighted by Crippen LogP contribution is 2.21. The van der Waals surface area contributed by atoms with Crippen molar-refractivity contribution in [2.45, 2.75) is 0 Å². The maximum absolute atomic E-state index is 13.0. The Hall–Kier alpha value is -2.63. The summed E-state index contributed by atoms with van der Waals surface area (Å²) in [7, 11) is 0. The zero-order valence-electron chi connectivity index (χ0n) is 10.4. The van der Waals surface area contributed by atoms with E-state index in [-0.39, 0.29) is 18.0 Å². The van der Waals surface area contributed by atoms with Crippen molar-refractivity contribution >= 4 is 17.3 Å². The lowest BCUT2D eigenvalue weighted by Crippen LogP contribution is -2.20. The van der Waals surface area contributed by atoms with Crippen LogP contribution in [0.15, 0.2) is 42.5 Å². The first kappa shape index (κ1) is 13.8. The monoisotopic (exact) mass is 278 g/mol. The van der Waals surface area contributed by atoms with Gasteiger partial charge in [-0.1, -0.05) is 6.07 Å². The van der Waals surface area contributed by atoms with Gasteiger partial charge in [0.2, 0.25) is 0 Å². The van der Waals surface area contributed by atoms with Gasteiger partial charge in [0, 0.05) is 11.8 Å². The van der Waals surface area contributed by atoms with Crippen molar-refractivity contribution in [1.29, 1.82) is 0 Å². The Morgan fingerprint density at radius 3 is 2.65 bits per heavy atom. The van der Waals surface area contributed by atoms with Crippen LogP contribution >= 0.6 is 0 Å². The van der Waals surface area contributed by atoms with Gasteiger partial charge in [0.05, 0.1) is 5.69 Å². The molecule has 0 aliphatic heterocycles. The first-order chi connectivity index (χ1) is 9.54. The highest BCUT2D eigenvalue weighted by atomic mass is 19.1. The van der Waals surface area contributed by atoms with E-state index in [2.05, 4.69) is 5.32 Å². The van der Waals surface area contributed by atoms with Crippen LogP contribution < -0.4 is 15.8 Å². The zero-order chi connectivity index (χ0) is 14.5. The van der Waals surface area contributed by atoms with Gasteiger partial charge >= 0.3 is 0 Å². The second-order valence-electron chi connectivity index (χ2n) is 4.03. The summed E-state index contributed by atoms with van der Waals surface area (Å²) in [5.41, 5.74) is 6.11. The summed E-state index contributed by atoms with van der Waals surface area (Å²) >= 11 is 0. The molecule has 0 heterocycles. The van der Waals surface area contributed by atoms with Gasteiger partial charge in [0.1, 0.15) is 17.4 Å². The van der Waals surface area contributed by atoms with E-state index in [0.29, 0.717) is 5.69 Å². The Bertz CT molecular complexity index is 632. The van der Waals surface area contributed by atoms with E-state index >= 15 is 0 Å². The van der Waals surface area contributed by atoms with Crippen LogP contribution in [0.4, 0.5) is 20.2 Å². The first-order valence-electron chi connectivity index (χ1n) is 5.78. The van der Waals surface area contributed by atoms with Crippen molar-refractivity contribution in [3.05, 3.63) is 54.1 Å². The van der Waals surface area contributed by atoms with Crippen LogP contribution in [0, 0.1) is 11.6 Å². The Morgan fingerprint density at radius 1 is 1.15 bits per heavy atom. The summed E-state index contributed by atoms with van der Waals surface area (Å²) in [6.07, 6.45) is 0. The second-order valence-corrected chi connectivity index (χ2v) is 4.03. The predicted octanol–water partition coefficient (Wildman–Crippen LogP) is 2.56. The number of ether oxygens (including phenoxy) is 1. The van der Waals surface area contributed by atoms with Gasteiger partial charge in [-0.2, -0.15) is 0 Å². The van der Waals surface area contributed by atoms with Crippen LogP contribution in [-0.2, 0) is 4.79 Å². The number of benzene rings is 2. The third-order valence-corrected chi connectivity index (χ3v) is 2.44. The molecule has 6 heteroatoms. The number of hydrogen-bond acceptors (Lipinski definition) is 3. The van der Waals surface area contributed by atoms with Gasteiger partial charge < -0.3 is 15.8 Å². The molecule has 20 heavy (non-hydrogen) atoms. The van der Waals surface area contributed by atoms with Gasteiger partial charge in [-0.15, -0.1) is 0 Å². The molecule has 0 aliphatic carbocycles. The number of nitrogens with two attached hydrogens (primary N) is 1. The average Bonchev–Trinajstić information content (AvgIpc) is 2.40. The molecule has 4 nitrogen and oxygen atoms in total. The Kier molecular flexibility index (Phi) is 4.14. The fourth-order valence-electron chi connectivity index (χ4n) is 1.54. The smallest absolute Gasteiger partial charge is 0.262 e. The molecule has 0 aromatic heterocycles. The van der Waals surface area contributed by atoms with E-state index in [0.717, 1.165) is 6.07 Å². The molecule has 0 spiro atoms. The molecule has 0 atom stereocenters. The predicted molar refractivity (Wildman–Crippen MR) is 71.3 cm³/mol. The summed E-state index contributed by atoms with van der Waals surface area (Å²) in [6.45, 7) is -0.357. The molecular weight excluding hydrogens is 266 g/mol. The summed E-state index contributed by atoms with van der Waals surface area (Å²) in [5.74, 6) is -1.39. The maximum Gasteiger partial charge on any atom is 0.262 e. The Morgan fingerprint density at radius 2 is 1.90 bits per heavy atom. The van der Waals surface area contributed by atoms with Gasteiger partial charge in [0.25, 0.3) is 5.91 Å². The van der Waals surface area contributed by atoms with E-state index in [1.165, 1.54) is 36.4 Å². The molecular formula is C14H12F2N2O2. The molecule has 104 valence electrons. The summed E-state index contributed by atoms with van der Waals surface area (Å²) in [5, 5.41) is 2.45. The zero-order valence-corrected chi connectivity index (χ0v) is 10.4. The minimum atomic E-state index is -0.514. The minimum absolute atomic E-state index is 0.0828. The number of hydrogen-bond donors (Lipinski definition) is 2. The molecule has 0 saturated carbocycles. The number of carbonyl (C=O) groups excluding carboxylic acids is 1. The van der Waals surface area contributed by atoms with Crippen molar-refractivity contribution in [3.63, 3.8) is 0 Å². The Balaban J connectivity index is 1.94. The molecule has 0 fully saturated rings. The SMILES string of the molecule is Nc1ccc(F)cc1OCC(=O)Nc1cccc(F)c1. The van der Waals surface area contributed by atoms with E-state index in [1.54, 1.807) is 0 Å². The van der Waals surface area contributed by atoms with Crippen molar-refractivity contribution in [2.75, 3.05) is 17.7 Å². The van der Waals surface area contributed by atoms with Crippen molar-refractivity contribution in [1.82, 2.24) is 0 Å². The number of amides is 1. The normalized spacial score (nSPS) is 10.1. The Labute approximate surface area is 114 Å². The third kappa shape index (κ3) is 3.68. The van der Waals surface area contributed by atoms with E-state index in [4.69, 9.17) is 10.5 Å². The standard InChI is InChI=1S/C14H12F2N2O2/c15-9-2-1-3-11(6-9)18-14(19)8-20-13-7-10(16)4-5-12(13)17/h1-7H,8,17H2,(H,18,19). The average molecular weight is 278 g/mol. The molecule has 0 saturated heterocycles. The maximum atomic E-state index is 13.0. The highest BCUT2D eigenvalue weighted by molar-refractivity contribution is 5.91. The lowest BCUT2D eigenvalue weighted by atomic mass is 10.3. The lowest BCUT2D eigenvalue weighted by molar-refractivity contribution is -0.118. The second kappa shape index (κ2) is 6.01. The van der Waals surface area contributed by atoms with Gasteiger partial charge in [-0.3, -0.25) is 4.79 Å². The molecule has 2 aromatic carbocycles. The van der Waals surface area contributed by atoms with Crippen LogP contribution in [0.5, 0.6) is 5.75 Å². The number of halogens is 2.